The van der Waals surface area contributed by atoms with E-state index in [1.807, 2.05) is 6.92 Å². The number of pyridine rings is 1. The molecular weight excluding hydrogens is 194 g/mol. The van der Waals surface area contributed by atoms with Crippen LogP contribution in [-0.2, 0) is 0 Å². The van der Waals surface area contributed by atoms with Crippen molar-refractivity contribution < 1.29 is 4.79 Å². The van der Waals surface area contributed by atoms with Crippen molar-refractivity contribution in [1.82, 2.24) is 10.3 Å². The van der Waals surface area contributed by atoms with Crippen LogP contribution in [0.25, 0.3) is 0 Å². The summed E-state index contributed by atoms with van der Waals surface area (Å²) < 4.78 is 0. The van der Waals surface area contributed by atoms with E-state index in [-0.39, 0.29) is 23.2 Å². The van der Waals surface area contributed by atoms with Gasteiger partial charge in [0, 0.05) is 18.7 Å². The predicted octanol–water partition coefficient (Wildman–Crippen LogP) is -0.158. The molecule has 1 heterocycles. The van der Waals surface area contributed by atoms with E-state index in [1.165, 1.54) is 6.07 Å². The highest BCUT2D eigenvalue weighted by Gasteiger charge is 2.05. The number of rotatable bonds is 4. The lowest BCUT2D eigenvalue weighted by Crippen LogP contribution is -2.30. The summed E-state index contributed by atoms with van der Waals surface area (Å²) in [7, 11) is 0. The number of aromatic nitrogens is 1. The second-order valence-corrected chi connectivity index (χ2v) is 3.45. The minimum Gasteiger partial charge on any atom is -0.351 e. The molecule has 0 spiro atoms. The molecule has 82 valence electrons. The van der Waals surface area contributed by atoms with Gasteiger partial charge in [0.15, 0.2) is 0 Å². The highest BCUT2D eigenvalue weighted by Crippen LogP contribution is 1.90. The first-order valence-corrected chi connectivity index (χ1v) is 4.82. The Hall–Kier alpha value is -1.62. The van der Waals surface area contributed by atoms with Crippen molar-refractivity contribution in [2.75, 3.05) is 6.54 Å². The second kappa shape index (κ2) is 5.31. The molecule has 1 unspecified atom stereocenters. The quantitative estimate of drug-likeness (QED) is 0.644. The lowest BCUT2D eigenvalue weighted by molar-refractivity contribution is 0.0947. The van der Waals surface area contributed by atoms with Crippen molar-refractivity contribution >= 4 is 5.91 Å². The van der Waals surface area contributed by atoms with Crippen molar-refractivity contribution in [3.05, 3.63) is 34.2 Å². The van der Waals surface area contributed by atoms with Crippen LogP contribution in [0.15, 0.2) is 23.0 Å². The van der Waals surface area contributed by atoms with Gasteiger partial charge in [0.25, 0.3) is 5.91 Å². The van der Waals surface area contributed by atoms with Crippen LogP contribution in [0.5, 0.6) is 0 Å². The third-order valence-corrected chi connectivity index (χ3v) is 1.90. The molecule has 1 aromatic heterocycles. The summed E-state index contributed by atoms with van der Waals surface area (Å²) in [5.41, 5.74) is 5.52. The second-order valence-electron chi connectivity index (χ2n) is 3.45. The van der Waals surface area contributed by atoms with Gasteiger partial charge in [-0.3, -0.25) is 9.59 Å². The molecule has 0 saturated carbocycles. The number of nitrogens with two attached hydrogens (primary N) is 1. The largest absolute Gasteiger partial charge is 0.351 e. The summed E-state index contributed by atoms with van der Waals surface area (Å²) >= 11 is 0. The van der Waals surface area contributed by atoms with Crippen molar-refractivity contribution in [3.8, 4) is 0 Å². The van der Waals surface area contributed by atoms with Gasteiger partial charge in [-0.2, -0.15) is 0 Å². The van der Waals surface area contributed by atoms with Gasteiger partial charge >= 0.3 is 0 Å². The summed E-state index contributed by atoms with van der Waals surface area (Å²) in [6.45, 7) is 2.38. The highest BCUT2D eigenvalue weighted by molar-refractivity contribution is 5.92. The van der Waals surface area contributed by atoms with Gasteiger partial charge in [0.2, 0.25) is 5.56 Å². The van der Waals surface area contributed by atoms with Crippen LogP contribution in [-0.4, -0.2) is 23.5 Å². The Kier molecular flexibility index (Phi) is 4.05. The number of hydrogen-bond acceptors (Lipinski definition) is 3. The Morgan fingerprint density at radius 3 is 2.93 bits per heavy atom. The molecule has 15 heavy (non-hydrogen) atoms. The molecule has 0 radical (unpaired) electrons. The average Bonchev–Trinajstić information content (AvgIpc) is 2.17. The topological polar surface area (TPSA) is 88.0 Å². The van der Waals surface area contributed by atoms with E-state index in [0.29, 0.717) is 13.0 Å². The first-order chi connectivity index (χ1) is 7.09. The molecule has 0 saturated heterocycles. The van der Waals surface area contributed by atoms with Gasteiger partial charge < -0.3 is 16.0 Å². The van der Waals surface area contributed by atoms with Gasteiger partial charge in [0.1, 0.15) is 5.69 Å². The van der Waals surface area contributed by atoms with E-state index in [9.17, 15) is 9.59 Å². The Labute approximate surface area is 87.7 Å². The van der Waals surface area contributed by atoms with E-state index in [1.54, 1.807) is 12.1 Å². The maximum absolute atomic E-state index is 11.5. The zero-order valence-corrected chi connectivity index (χ0v) is 8.62. The Balaban J connectivity index is 2.51. The normalized spacial score (nSPS) is 12.1. The Bertz CT molecular complexity index is 384. The van der Waals surface area contributed by atoms with Crippen molar-refractivity contribution in [3.63, 3.8) is 0 Å². The standard InChI is InChI=1S/C10H15N3O2/c1-7(11)5-6-12-10(15)8-3-2-4-9(14)13-8/h2-4,7H,5-6,11H2,1H3,(H,12,15)(H,13,14). The fraction of sp³-hybridized carbons (Fsp3) is 0.400. The zero-order chi connectivity index (χ0) is 11.3. The highest BCUT2D eigenvalue weighted by atomic mass is 16.2. The van der Waals surface area contributed by atoms with Crippen LogP contribution in [0.3, 0.4) is 0 Å². The number of amides is 1. The summed E-state index contributed by atoms with van der Waals surface area (Å²) in [5, 5.41) is 2.67. The van der Waals surface area contributed by atoms with E-state index < -0.39 is 0 Å². The Morgan fingerprint density at radius 2 is 2.33 bits per heavy atom. The van der Waals surface area contributed by atoms with Crippen LogP contribution in [0.1, 0.15) is 23.8 Å². The minimum atomic E-state index is -0.284. The van der Waals surface area contributed by atoms with Crippen molar-refractivity contribution in [2.45, 2.75) is 19.4 Å². The van der Waals surface area contributed by atoms with Crippen molar-refractivity contribution in [2.24, 2.45) is 5.73 Å². The molecule has 4 N–H and O–H groups in total. The molecule has 0 aromatic carbocycles. The number of hydrogen-bond donors (Lipinski definition) is 3. The van der Waals surface area contributed by atoms with Crippen molar-refractivity contribution in [1.29, 1.82) is 0 Å². The zero-order valence-electron chi connectivity index (χ0n) is 8.62. The number of H-pyrrole nitrogens is 1. The fourth-order valence-corrected chi connectivity index (χ4v) is 1.09. The molecule has 0 aliphatic rings. The van der Waals surface area contributed by atoms with Crippen LogP contribution in [0.4, 0.5) is 0 Å². The molecule has 1 amide bonds. The lowest BCUT2D eigenvalue weighted by atomic mass is 10.2. The van der Waals surface area contributed by atoms with E-state index in [0.717, 1.165) is 0 Å². The SMILES string of the molecule is CC(N)CCNC(=O)c1cccc(=O)[nH]1. The molecule has 0 fully saturated rings. The first-order valence-electron chi connectivity index (χ1n) is 4.82. The molecule has 1 atom stereocenters. The monoisotopic (exact) mass is 209 g/mol. The number of carbonyl (C=O) groups is 1. The van der Waals surface area contributed by atoms with Gasteiger partial charge in [-0.25, -0.2) is 0 Å². The average molecular weight is 209 g/mol. The summed E-state index contributed by atoms with van der Waals surface area (Å²) in [4.78, 5) is 24.8. The molecule has 5 nitrogen and oxygen atoms in total. The minimum absolute atomic E-state index is 0.0557. The van der Waals surface area contributed by atoms with E-state index in [4.69, 9.17) is 5.73 Å². The van der Waals surface area contributed by atoms with Crippen LogP contribution >= 0.6 is 0 Å². The molecule has 1 aromatic rings. The third-order valence-electron chi connectivity index (χ3n) is 1.90. The molecular formula is C10H15N3O2. The van der Waals surface area contributed by atoms with Gasteiger partial charge in [-0.1, -0.05) is 6.07 Å². The maximum atomic E-state index is 11.5. The number of carbonyl (C=O) groups excluding carboxylic acids is 1. The van der Waals surface area contributed by atoms with Crippen LogP contribution in [0, 0.1) is 0 Å². The molecule has 1 rings (SSSR count). The summed E-state index contributed by atoms with van der Waals surface area (Å²) in [6.07, 6.45) is 0.711. The van der Waals surface area contributed by atoms with Gasteiger partial charge in [-0.15, -0.1) is 0 Å². The number of aromatic amines is 1. The summed E-state index contributed by atoms with van der Waals surface area (Å²) in [5.74, 6) is -0.284. The maximum Gasteiger partial charge on any atom is 0.267 e. The number of nitrogens with one attached hydrogen (secondary N) is 2. The van der Waals surface area contributed by atoms with E-state index in [2.05, 4.69) is 10.3 Å². The molecule has 5 heteroatoms. The van der Waals surface area contributed by atoms with Gasteiger partial charge in [-0.05, 0) is 19.4 Å². The van der Waals surface area contributed by atoms with Crippen LogP contribution in [0.2, 0.25) is 0 Å². The lowest BCUT2D eigenvalue weighted by Gasteiger charge is -2.06. The predicted molar refractivity (Wildman–Crippen MR) is 57.7 cm³/mol. The van der Waals surface area contributed by atoms with Crippen LogP contribution < -0.4 is 16.6 Å². The van der Waals surface area contributed by atoms with Gasteiger partial charge in [0.05, 0.1) is 0 Å². The fourth-order valence-electron chi connectivity index (χ4n) is 1.09. The molecule has 0 bridgehead atoms. The summed E-state index contributed by atoms with van der Waals surface area (Å²) in [6, 6.07) is 4.51. The van der Waals surface area contributed by atoms with E-state index >= 15 is 0 Å². The Morgan fingerprint density at radius 1 is 1.60 bits per heavy atom. The molecule has 0 aliphatic heterocycles. The first kappa shape index (κ1) is 11.5. The third kappa shape index (κ3) is 3.95. The smallest absolute Gasteiger partial charge is 0.267 e. The molecule has 0 aliphatic carbocycles.